The highest BCUT2D eigenvalue weighted by atomic mass is 19.4. The highest BCUT2D eigenvalue weighted by Crippen LogP contribution is 2.47. The monoisotopic (exact) mass is 524 g/mol. The molecule has 0 saturated carbocycles. The molecule has 0 spiro atoms. The molecular formula is C28H14F6N2O2. The Bertz CT molecular complexity index is 1770. The highest BCUT2D eigenvalue weighted by molar-refractivity contribution is 6.05. The zero-order valence-electron chi connectivity index (χ0n) is 19.1. The van der Waals surface area contributed by atoms with Crippen LogP contribution < -0.4 is 4.74 Å². The zero-order chi connectivity index (χ0) is 26.7. The molecule has 0 aliphatic heterocycles. The summed E-state index contributed by atoms with van der Waals surface area (Å²) in [5, 5.41) is 10.8. The maximum absolute atomic E-state index is 13.7. The number of halogens is 6. The molecule has 2 heterocycles. The van der Waals surface area contributed by atoms with Crippen molar-refractivity contribution in [3.8, 4) is 23.1 Å². The molecule has 0 unspecified atom stereocenters. The number of aromatic nitrogens is 2. The Hall–Kier alpha value is -4.60. The fourth-order valence-corrected chi connectivity index (χ4v) is 4.36. The third-order valence-corrected chi connectivity index (χ3v) is 6.10. The summed E-state index contributed by atoms with van der Waals surface area (Å²) < 4.78 is 93.7. The summed E-state index contributed by atoms with van der Waals surface area (Å²) in [6.07, 6.45) is -10.2. The van der Waals surface area contributed by atoms with Crippen LogP contribution in [0.25, 0.3) is 44.0 Å². The van der Waals surface area contributed by atoms with Crippen molar-refractivity contribution in [1.29, 1.82) is 0 Å². The van der Waals surface area contributed by atoms with Crippen LogP contribution in [0, 0.1) is 0 Å². The second kappa shape index (κ2) is 8.47. The first-order valence-corrected chi connectivity index (χ1v) is 11.2. The van der Waals surface area contributed by atoms with Crippen LogP contribution in [0.15, 0.2) is 89.3 Å². The Balaban J connectivity index is 1.61. The first-order valence-electron chi connectivity index (χ1n) is 11.2. The molecule has 0 aliphatic carbocycles. The van der Waals surface area contributed by atoms with Crippen LogP contribution in [0.2, 0.25) is 0 Å². The number of furan rings is 1. The maximum Gasteiger partial charge on any atom is 0.420 e. The van der Waals surface area contributed by atoms with Gasteiger partial charge in [0.05, 0.1) is 11.1 Å². The van der Waals surface area contributed by atoms with Gasteiger partial charge in [0.15, 0.2) is 11.5 Å². The van der Waals surface area contributed by atoms with Crippen LogP contribution in [0.1, 0.15) is 11.1 Å². The van der Waals surface area contributed by atoms with E-state index in [4.69, 9.17) is 9.15 Å². The molecule has 4 aromatic carbocycles. The van der Waals surface area contributed by atoms with Gasteiger partial charge in [-0.3, -0.25) is 0 Å². The molecular weight excluding hydrogens is 510 g/mol. The van der Waals surface area contributed by atoms with E-state index in [2.05, 4.69) is 10.2 Å². The topological polar surface area (TPSA) is 48.2 Å². The SMILES string of the molecule is FC(F)(F)c1cccc(C(F)(F)F)c1Oc1nnc(-c2cc3ccccc3o2)c2cc3ccccc3cc12. The van der Waals surface area contributed by atoms with E-state index in [9.17, 15) is 26.3 Å². The van der Waals surface area contributed by atoms with Crippen molar-refractivity contribution in [3.63, 3.8) is 0 Å². The molecule has 0 bridgehead atoms. The summed E-state index contributed by atoms with van der Waals surface area (Å²) in [5.41, 5.74) is -2.32. The fraction of sp³-hybridized carbons (Fsp3) is 0.0714. The van der Waals surface area contributed by atoms with Gasteiger partial charge in [0, 0.05) is 16.2 Å². The van der Waals surface area contributed by atoms with E-state index in [1.54, 1.807) is 48.5 Å². The van der Waals surface area contributed by atoms with E-state index in [1.165, 1.54) is 0 Å². The minimum absolute atomic E-state index is 0.166. The van der Waals surface area contributed by atoms with Crippen molar-refractivity contribution in [2.45, 2.75) is 12.4 Å². The number of hydrogen-bond donors (Lipinski definition) is 0. The van der Waals surface area contributed by atoms with Gasteiger partial charge in [-0.15, -0.1) is 10.2 Å². The number of benzene rings is 4. The number of para-hydroxylation sites is 2. The Labute approximate surface area is 210 Å². The standard InChI is InChI=1S/C28H14F6N2O2/c29-27(30,31)20-9-5-10-21(28(32,33)34)25(20)38-26-19-13-16-7-2-1-6-15(16)12-18(19)24(35-36-26)23-14-17-8-3-4-11-22(17)37-23/h1-14H. The van der Waals surface area contributed by atoms with Gasteiger partial charge in [0.1, 0.15) is 11.3 Å². The molecule has 0 atom stereocenters. The number of hydrogen-bond acceptors (Lipinski definition) is 4. The van der Waals surface area contributed by atoms with E-state index < -0.39 is 35.1 Å². The summed E-state index contributed by atoms with van der Waals surface area (Å²) >= 11 is 0. The number of nitrogens with zero attached hydrogens (tertiary/aromatic N) is 2. The third-order valence-electron chi connectivity index (χ3n) is 6.10. The molecule has 0 saturated heterocycles. The lowest BCUT2D eigenvalue weighted by molar-refractivity contribution is -0.145. The fourth-order valence-electron chi connectivity index (χ4n) is 4.36. The summed E-state index contributed by atoms with van der Waals surface area (Å²) in [7, 11) is 0. The van der Waals surface area contributed by atoms with Crippen LogP contribution in [0.4, 0.5) is 26.3 Å². The first-order chi connectivity index (χ1) is 18.1. The molecule has 0 aliphatic rings. The van der Waals surface area contributed by atoms with Crippen LogP contribution in [0.5, 0.6) is 11.6 Å². The van der Waals surface area contributed by atoms with E-state index >= 15 is 0 Å². The largest absolute Gasteiger partial charge is 0.454 e. The van der Waals surface area contributed by atoms with E-state index in [-0.39, 0.29) is 11.1 Å². The normalized spacial score (nSPS) is 12.5. The minimum Gasteiger partial charge on any atom is -0.454 e. The molecule has 6 rings (SSSR count). The third kappa shape index (κ3) is 4.07. The lowest BCUT2D eigenvalue weighted by Gasteiger charge is -2.19. The number of alkyl halides is 6. The second-order valence-corrected chi connectivity index (χ2v) is 8.53. The Morgan fingerprint density at radius 1 is 0.605 bits per heavy atom. The van der Waals surface area contributed by atoms with Crippen molar-refractivity contribution in [2.24, 2.45) is 0 Å². The Morgan fingerprint density at radius 3 is 1.79 bits per heavy atom. The summed E-state index contributed by atoms with van der Waals surface area (Å²) in [6.45, 7) is 0. The van der Waals surface area contributed by atoms with Crippen molar-refractivity contribution in [1.82, 2.24) is 10.2 Å². The minimum atomic E-state index is -5.11. The molecule has 4 nitrogen and oxygen atoms in total. The summed E-state index contributed by atoms with van der Waals surface area (Å²) in [4.78, 5) is 0. The van der Waals surface area contributed by atoms with E-state index in [0.717, 1.165) is 10.8 Å². The average Bonchev–Trinajstić information content (AvgIpc) is 3.30. The van der Waals surface area contributed by atoms with Gasteiger partial charge in [0.2, 0.25) is 5.88 Å². The van der Waals surface area contributed by atoms with Gasteiger partial charge >= 0.3 is 12.4 Å². The molecule has 6 aromatic rings. The predicted molar refractivity (Wildman–Crippen MR) is 129 cm³/mol. The molecule has 0 radical (unpaired) electrons. The Morgan fingerprint density at radius 2 is 1.18 bits per heavy atom. The highest BCUT2D eigenvalue weighted by Gasteiger charge is 2.42. The molecule has 0 N–H and O–H groups in total. The molecule has 0 fully saturated rings. The van der Waals surface area contributed by atoms with Crippen molar-refractivity contribution < 1.29 is 35.5 Å². The zero-order valence-corrected chi connectivity index (χ0v) is 19.1. The molecule has 38 heavy (non-hydrogen) atoms. The van der Waals surface area contributed by atoms with Gasteiger partial charge in [0.25, 0.3) is 0 Å². The quantitative estimate of drug-likeness (QED) is 0.171. The summed E-state index contributed by atoms with van der Waals surface area (Å²) in [5.74, 6) is -1.57. The van der Waals surface area contributed by atoms with Gasteiger partial charge < -0.3 is 9.15 Å². The lowest BCUT2D eigenvalue weighted by atomic mass is 10.0. The van der Waals surface area contributed by atoms with Gasteiger partial charge in [-0.25, -0.2) is 0 Å². The van der Waals surface area contributed by atoms with E-state index in [0.29, 0.717) is 40.3 Å². The average molecular weight is 524 g/mol. The van der Waals surface area contributed by atoms with Crippen LogP contribution in [-0.2, 0) is 12.4 Å². The number of ether oxygens (including phenoxy) is 1. The van der Waals surface area contributed by atoms with E-state index in [1.807, 2.05) is 18.2 Å². The molecule has 2 aromatic heterocycles. The van der Waals surface area contributed by atoms with Gasteiger partial charge in [-0.1, -0.05) is 48.5 Å². The van der Waals surface area contributed by atoms with Crippen molar-refractivity contribution in [2.75, 3.05) is 0 Å². The lowest BCUT2D eigenvalue weighted by Crippen LogP contribution is -2.14. The molecule has 190 valence electrons. The predicted octanol–water partition coefficient (Wildman–Crippen LogP) is 9.03. The van der Waals surface area contributed by atoms with Crippen LogP contribution in [0.3, 0.4) is 0 Å². The van der Waals surface area contributed by atoms with Crippen molar-refractivity contribution >= 4 is 32.5 Å². The van der Waals surface area contributed by atoms with Crippen LogP contribution >= 0.6 is 0 Å². The van der Waals surface area contributed by atoms with Crippen molar-refractivity contribution in [3.05, 3.63) is 96.1 Å². The van der Waals surface area contributed by atoms with Gasteiger partial charge in [-0.05, 0) is 47.2 Å². The van der Waals surface area contributed by atoms with Gasteiger partial charge in [-0.2, -0.15) is 26.3 Å². The maximum atomic E-state index is 13.7. The smallest absolute Gasteiger partial charge is 0.420 e. The summed E-state index contributed by atoms with van der Waals surface area (Å²) in [6, 6.07) is 21.1. The molecule has 0 amide bonds. The first kappa shape index (κ1) is 23.8. The number of fused-ring (bicyclic) bond motifs is 3. The van der Waals surface area contributed by atoms with Crippen LogP contribution in [-0.4, -0.2) is 10.2 Å². The number of rotatable bonds is 3. The molecule has 10 heteroatoms. The Kier molecular flexibility index (Phi) is 5.30. The second-order valence-electron chi connectivity index (χ2n) is 8.53.